The van der Waals surface area contributed by atoms with Gasteiger partial charge in [0.25, 0.3) is 6.01 Å². The molecule has 174 valence electrons. The molecule has 0 aliphatic rings. The lowest BCUT2D eigenvalue weighted by Crippen LogP contribution is -2.24. The average Bonchev–Trinajstić information content (AvgIpc) is 3.10. The van der Waals surface area contributed by atoms with Gasteiger partial charge >= 0.3 is 5.97 Å². The first-order valence-electron chi connectivity index (χ1n) is 11.1. The summed E-state index contributed by atoms with van der Waals surface area (Å²) in [5.74, 6) is -0.345. The van der Waals surface area contributed by atoms with Gasteiger partial charge in [-0.15, -0.1) is 0 Å². The van der Waals surface area contributed by atoms with Gasteiger partial charge in [-0.2, -0.15) is 4.98 Å². The van der Waals surface area contributed by atoms with Crippen molar-refractivity contribution < 1.29 is 19.5 Å². The van der Waals surface area contributed by atoms with Crippen molar-refractivity contribution in [2.24, 2.45) is 5.16 Å². The number of imidazole rings is 1. The summed E-state index contributed by atoms with van der Waals surface area (Å²) in [6.45, 7) is 10.4. The van der Waals surface area contributed by atoms with Crippen LogP contribution in [0.5, 0.6) is 6.01 Å². The third-order valence-electron chi connectivity index (χ3n) is 4.99. The molecule has 7 nitrogen and oxygen atoms in total. The van der Waals surface area contributed by atoms with Crippen LogP contribution in [-0.4, -0.2) is 39.2 Å². The minimum atomic E-state index is -0.565. The summed E-state index contributed by atoms with van der Waals surface area (Å²) in [7, 11) is 0. The Morgan fingerprint density at radius 2 is 1.82 bits per heavy atom. The van der Waals surface area contributed by atoms with Crippen molar-refractivity contribution in [3.63, 3.8) is 0 Å². The number of esters is 1. The maximum Gasteiger partial charge on any atom is 0.339 e. The highest BCUT2D eigenvalue weighted by atomic mass is 16.6. The summed E-state index contributed by atoms with van der Waals surface area (Å²) in [5.41, 5.74) is 4.23. The van der Waals surface area contributed by atoms with E-state index in [9.17, 15) is 4.79 Å². The van der Waals surface area contributed by atoms with Gasteiger partial charge < -0.3 is 14.7 Å². The molecule has 0 aliphatic heterocycles. The summed E-state index contributed by atoms with van der Waals surface area (Å²) in [5, 5.41) is 12.3. The van der Waals surface area contributed by atoms with E-state index < -0.39 is 5.60 Å². The van der Waals surface area contributed by atoms with Crippen molar-refractivity contribution in [2.75, 3.05) is 6.61 Å². The summed E-state index contributed by atoms with van der Waals surface area (Å²) < 4.78 is 13.2. The number of rotatable bonds is 8. The van der Waals surface area contributed by atoms with E-state index in [1.54, 1.807) is 6.07 Å². The highest BCUT2D eigenvalue weighted by Gasteiger charge is 2.21. The van der Waals surface area contributed by atoms with Crippen LogP contribution in [0.15, 0.2) is 53.7 Å². The Kier molecular flexibility index (Phi) is 7.53. The van der Waals surface area contributed by atoms with Crippen molar-refractivity contribution in [1.82, 2.24) is 9.55 Å². The van der Waals surface area contributed by atoms with Crippen LogP contribution in [0, 0.1) is 0 Å². The second-order valence-corrected chi connectivity index (χ2v) is 8.59. The maximum absolute atomic E-state index is 12.7. The first-order valence-corrected chi connectivity index (χ1v) is 11.1. The number of carbonyl (C=O) groups is 1. The number of hydrogen-bond donors (Lipinski definition) is 1. The number of benzene rings is 2. The molecule has 0 radical (unpaired) electrons. The van der Waals surface area contributed by atoms with Crippen molar-refractivity contribution in [1.29, 1.82) is 0 Å². The van der Waals surface area contributed by atoms with Crippen LogP contribution in [-0.2, 0) is 17.7 Å². The Labute approximate surface area is 194 Å². The minimum Gasteiger partial charge on any atom is -0.465 e. The predicted molar refractivity (Wildman–Crippen MR) is 128 cm³/mol. The average molecular weight is 450 g/mol. The Bertz CT molecular complexity index is 1130. The van der Waals surface area contributed by atoms with Crippen LogP contribution in [0.4, 0.5) is 0 Å². The summed E-state index contributed by atoms with van der Waals surface area (Å²) >= 11 is 0. The molecular weight excluding hydrogens is 418 g/mol. The number of aromatic nitrogens is 2. The standard InChI is InChI=1S/C26H31N3O4/c1-6-22-23(16-27-31)29(25(28-22)32-7-2)17-18-12-14-19(15-13-18)20-10-8-9-11-21(20)24(30)33-26(3,4)5/h8-16,31H,6-7,17H2,1-5H3. The quantitative estimate of drug-likeness (QED) is 0.218. The zero-order chi connectivity index (χ0) is 24.0. The molecule has 0 atom stereocenters. The topological polar surface area (TPSA) is 85.9 Å². The molecule has 0 aliphatic carbocycles. The van der Waals surface area contributed by atoms with Crippen LogP contribution in [0.1, 0.15) is 61.9 Å². The third-order valence-corrected chi connectivity index (χ3v) is 4.99. The van der Waals surface area contributed by atoms with Crippen molar-refractivity contribution in [2.45, 2.75) is 53.2 Å². The summed E-state index contributed by atoms with van der Waals surface area (Å²) in [6, 6.07) is 15.9. The van der Waals surface area contributed by atoms with E-state index >= 15 is 0 Å². The number of oxime groups is 1. The molecule has 3 rings (SSSR count). The molecule has 1 N–H and O–H groups in total. The van der Waals surface area contributed by atoms with E-state index in [2.05, 4.69) is 10.1 Å². The number of nitrogens with zero attached hydrogens (tertiary/aromatic N) is 3. The Morgan fingerprint density at radius 3 is 2.42 bits per heavy atom. The zero-order valence-corrected chi connectivity index (χ0v) is 19.8. The van der Waals surface area contributed by atoms with E-state index in [1.807, 2.05) is 81.7 Å². The first kappa shape index (κ1) is 24.0. The molecule has 0 spiro atoms. The molecule has 2 aromatic carbocycles. The fourth-order valence-electron chi connectivity index (χ4n) is 3.56. The van der Waals surface area contributed by atoms with Gasteiger partial charge in [0.15, 0.2) is 0 Å². The molecule has 0 fully saturated rings. The highest BCUT2D eigenvalue weighted by Crippen LogP contribution is 2.27. The predicted octanol–water partition coefficient (Wildman–Crippen LogP) is 5.32. The second-order valence-electron chi connectivity index (χ2n) is 8.59. The number of carbonyl (C=O) groups excluding carboxylic acids is 1. The maximum atomic E-state index is 12.7. The number of ether oxygens (including phenoxy) is 2. The lowest BCUT2D eigenvalue weighted by atomic mass is 9.98. The summed E-state index contributed by atoms with van der Waals surface area (Å²) in [4.78, 5) is 17.3. The summed E-state index contributed by atoms with van der Waals surface area (Å²) in [6.07, 6.45) is 2.08. The van der Waals surface area contributed by atoms with Crippen LogP contribution >= 0.6 is 0 Å². The van der Waals surface area contributed by atoms with Gasteiger partial charge in [0.1, 0.15) is 5.60 Å². The smallest absolute Gasteiger partial charge is 0.339 e. The Balaban J connectivity index is 1.92. The van der Waals surface area contributed by atoms with Gasteiger partial charge in [-0.05, 0) is 56.9 Å². The molecular formula is C26H31N3O4. The molecule has 7 heteroatoms. The largest absolute Gasteiger partial charge is 0.465 e. The normalized spacial score (nSPS) is 11.7. The SMILES string of the molecule is CCOc1nc(CC)c(C=NO)n1Cc1ccc(-c2ccccc2C(=O)OC(C)(C)C)cc1. The monoisotopic (exact) mass is 449 g/mol. The van der Waals surface area contributed by atoms with Crippen molar-refractivity contribution in [3.05, 3.63) is 71.0 Å². The van der Waals surface area contributed by atoms with Gasteiger partial charge in [0.05, 0.1) is 36.3 Å². The Hall–Kier alpha value is -3.61. The van der Waals surface area contributed by atoms with Crippen LogP contribution in [0.3, 0.4) is 0 Å². The van der Waals surface area contributed by atoms with Gasteiger partial charge in [-0.25, -0.2) is 4.79 Å². The van der Waals surface area contributed by atoms with Crippen LogP contribution < -0.4 is 4.74 Å². The molecule has 0 amide bonds. The molecule has 1 heterocycles. The fourth-order valence-corrected chi connectivity index (χ4v) is 3.56. The molecule has 0 saturated heterocycles. The van der Waals surface area contributed by atoms with Crippen LogP contribution in [0.25, 0.3) is 11.1 Å². The minimum absolute atomic E-state index is 0.345. The van der Waals surface area contributed by atoms with Gasteiger partial charge in [0, 0.05) is 0 Å². The molecule has 3 aromatic rings. The van der Waals surface area contributed by atoms with Gasteiger partial charge in [0.2, 0.25) is 0 Å². The second kappa shape index (κ2) is 10.3. The first-order chi connectivity index (χ1) is 15.8. The molecule has 0 unspecified atom stereocenters. The van der Waals surface area contributed by atoms with Crippen LogP contribution in [0.2, 0.25) is 0 Å². The Morgan fingerprint density at radius 1 is 1.12 bits per heavy atom. The third kappa shape index (κ3) is 5.80. The molecule has 1 aromatic heterocycles. The molecule has 0 saturated carbocycles. The van der Waals surface area contributed by atoms with E-state index in [1.165, 1.54) is 6.21 Å². The highest BCUT2D eigenvalue weighted by molar-refractivity contribution is 5.97. The van der Waals surface area contributed by atoms with E-state index in [0.29, 0.717) is 36.8 Å². The van der Waals surface area contributed by atoms with Gasteiger partial charge in [-0.3, -0.25) is 4.57 Å². The molecule has 33 heavy (non-hydrogen) atoms. The lowest BCUT2D eigenvalue weighted by Gasteiger charge is -2.20. The number of aryl methyl sites for hydroxylation is 1. The molecule has 0 bridgehead atoms. The lowest BCUT2D eigenvalue weighted by molar-refractivity contribution is 0.00704. The van der Waals surface area contributed by atoms with Gasteiger partial charge in [-0.1, -0.05) is 54.5 Å². The zero-order valence-electron chi connectivity index (χ0n) is 19.8. The number of hydrogen-bond acceptors (Lipinski definition) is 6. The van der Waals surface area contributed by atoms with Crippen molar-refractivity contribution in [3.8, 4) is 17.1 Å². The van der Waals surface area contributed by atoms with E-state index in [4.69, 9.17) is 14.7 Å². The van der Waals surface area contributed by atoms with Crippen molar-refractivity contribution >= 4 is 12.2 Å². The fraction of sp³-hybridized carbons (Fsp3) is 0.346. The van der Waals surface area contributed by atoms with E-state index in [0.717, 1.165) is 22.4 Å². The van der Waals surface area contributed by atoms with E-state index in [-0.39, 0.29) is 5.97 Å².